The number of likely N-dealkylation sites (tertiary alicyclic amines) is 1. The smallest absolute Gasteiger partial charge is 0.129 e. The van der Waals surface area contributed by atoms with E-state index in [0.717, 1.165) is 6.54 Å². The van der Waals surface area contributed by atoms with Crippen LogP contribution in [0.3, 0.4) is 0 Å². The lowest BCUT2D eigenvalue weighted by Crippen LogP contribution is -2.35. The van der Waals surface area contributed by atoms with Gasteiger partial charge in [0.25, 0.3) is 0 Å². The number of rotatable bonds is 2. The Morgan fingerprint density at radius 2 is 2.09 bits per heavy atom. The first-order chi connectivity index (χ1) is 5.15. The summed E-state index contributed by atoms with van der Waals surface area (Å²) in [6.45, 7) is 5.63. The van der Waals surface area contributed by atoms with Crippen LogP contribution in [-0.2, 0) is 0 Å². The topological polar surface area (TPSA) is 15.3 Å². The van der Waals surface area contributed by atoms with Crippen LogP contribution in [0.1, 0.15) is 13.8 Å². The van der Waals surface area contributed by atoms with Crippen molar-refractivity contribution in [2.45, 2.75) is 32.1 Å². The SMILES string of the molecule is CN[C@@H]1CN(C(C)C)C[C@@H]1F. The summed E-state index contributed by atoms with van der Waals surface area (Å²) in [7, 11) is 1.82. The minimum absolute atomic E-state index is 0.0393. The van der Waals surface area contributed by atoms with Crippen LogP contribution in [0.2, 0.25) is 0 Å². The molecule has 0 amide bonds. The fourth-order valence-electron chi connectivity index (χ4n) is 1.49. The molecule has 2 nitrogen and oxygen atoms in total. The molecule has 1 saturated heterocycles. The van der Waals surface area contributed by atoms with Gasteiger partial charge in [0.15, 0.2) is 0 Å². The standard InChI is InChI=1S/C8H17FN2/c1-6(2)11-4-7(9)8(5-11)10-3/h6-8,10H,4-5H2,1-3H3/t7-,8+/m0/s1. The molecule has 0 unspecified atom stereocenters. The average molecular weight is 160 g/mol. The summed E-state index contributed by atoms with van der Waals surface area (Å²) in [5.74, 6) is 0. The largest absolute Gasteiger partial charge is 0.313 e. The molecule has 11 heavy (non-hydrogen) atoms. The summed E-state index contributed by atoms with van der Waals surface area (Å²) in [6, 6.07) is 0.504. The fourth-order valence-corrected chi connectivity index (χ4v) is 1.49. The lowest BCUT2D eigenvalue weighted by atomic mass is 10.2. The van der Waals surface area contributed by atoms with Gasteiger partial charge in [0, 0.05) is 19.1 Å². The molecule has 0 aromatic heterocycles. The Kier molecular flexibility index (Phi) is 2.84. The number of hydrogen-bond acceptors (Lipinski definition) is 2. The molecule has 0 aromatic carbocycles. The molecule has 1 rings (SSSR count). The Morgan fingerprint density at radius 1 is 1.45 bits per heavy atom. The van der Waals surface area contributed by atoms with Gasteiger partial charge >= 0.3 is 0 Å². The predicted molar refractivity (Wildman–Crippen MR) is 44.5 cm³/mol. The maximum atomic E-state index is 13.1. The van der Waals surface area contributed by atoms with E-state index in [0.29, 0.717) is 12.6 Å². The van der Waals surface area contributed by atoms with Gasteiger partial charge in [0.2, 0.25) is 0 Å². The van der Waals surface area contributed by atoms with Gasteiger partial charge in [0.05, 0.1) is 6.04 Å². The molecule has 1 aliphatic heterocycles. The molecule has 0 aliphatic carbocycles. The molecule has 0 bridgehead atoms. The lowest BCUT2D eigenvalue weighted by molar-refractivity contribution is 0.245. The van der Waals surface area contributed by atoms with Crippen LogP contribution in [0, 0.1) is 0 Å². The van der Waals surface area contributed by atoms with Crippen molar-refractivity contribution < 1.29 is 4.39 Å². The van der Waals surface area contributed by atoms with E-state index in [4.69, 9.17) is 0 Å². The minimum Gasteiger partial charge on any atom is -0.313 e. The maximum absolute atomic E-state index is 13.1. The van der Waals surface area contributed by atoms with Gasteiger partial charge in [0.1, 0.15) is 6.17 Å². The van der Waals surface area contributed by atoms with Gasteiger partial charge in [-0.2, -0.15) is 0 Å². The fraction of sp³-hybridized carbons (Fsp3) is 1.00. The number of halogens is 1. The van der Waals surface area contributed by atoms with Crippen molar-refractivity contribution in [2.24, 2.45) is 0 Å². The van der Waals surface area contributed by atoms with Gasteiger partial charge in [-0.15, -0.1) is 0 Å². The Bertz CT molecular complexity index is 127. The van der Waals surface area contributed by atoms with Crippen molar-refractivity contribution >= 4 is 0 Å². The Hall–Kier alpha value is -0.150. The van der Waals surface area contributed by atoms with E-state index in [2.05, 4.69) is 24.1 Å². The predicted octanol–water partition coefficient (Wildman–Crippen LogP) is 0.636. The summed E-state index contributed by atoms with van der Waals surface area (Å²) in [4.78, 5) is 2.16. The van der Waals surface area contributed by atoms with Crippen molar-refractivity contribution in [2.75, 3.05) is 20.1 Å². The Morgan fingerprint density at radius 3 is 2.36 bits per heavy atom. The molecule has 0 saturated carbocycles. The molecule has 2 atom stereocenters. The summed E-state index contributed by atoms with van der Waals surface area (Å²) in [5, 5.41) is 2.98. The lowest BCUT2D eigenvalue weighted by Gasteiger charge is -2.19. The number of alkyl halides is 1. The first-order valence-electron chi connectivity index (χ1n) is 4.20. The Labute approximate surface area is 67.8 Å². The van der Waals surface area contributed by atoms with Gasteiger partial charge in [-0.3, -0.25) is 4.90 Å². The van der Waals surface area contributed by atoms with Crippen LogP contribution < -0.4 is 5.32 Å². The molecule has 0 aromatic rings. The highest BCUT2D eigenvalue weighted by atomic mass is 19.1. The summed E-state index contributed by atoms with van der Waals surface area (Å²) >= 11 is 0. The van der Waals surface area contributed by atoms with E-state index in [1.54, 1.807) is 0 Å². The van der Waals surface area contributed by atoms with Crippen LogP contribution in [0.4, 0.5) is 4.39 Å². The van der Waals surface area contributed by atoms with E-state index >= 15 is 0 Å². The third kappa shape index (κ3) is 1.91. The minimum atomic E-state index is -0.692. The second-order valence-corrected chi connectivity index (χ2v) is 3.46. The summed E-state index contributed by atoms with van der Waals surface area (Å²) in [6.07, 6.45) is -0.692. The van der Waals surface area contributed by atoms with Crippen molar-refractivity contribution in [1.82, 2.24) is 10.2 Å². The summed E-state index contributed by atoms with van der Waals surface area (Å²) in [5.41, 5.74) is 0. The molecule has 1 N–H and O–H groups in total. The van der Waals surface area contributed by atoms with Gasteiger partial charge < -0.3 is 5.32 Å². The van der Waals surface area contributed by atoms with Crippen molar-refractivity contribution in [3.8, 4) is 0 Å². The van der Waals surface area contributed by atoms with E-state index in [1.165, 1.54) is 0 Å². The second-order valence-electron chi connectivity index (χ2n) is 3.46. The second kappa shape index (κ2) is 3.50. The van der Waals surface area contributed by atoms with Crippen LogP contribution in [0.15, 0.2) is 0 Å². The van der Waals surface area contributed by atoms with Crippen molar-refractivity contribution in [1.29, 1.82) is 0 Å². The van der Waals surface area contributed by atoms with Crippen molar-refractivity contribution in [3.05, 3.63) is 0 Å². The van der Waals surface area contributed by atoms with Crippen LogP contribution >= 0.6 is 0 Å². The van der Waals surface area contributed by atoms with Gasteiger partial charge in [-0.05, 0) is 20.9 Å². The van der Waals surface area contributed by atoms with E-state index in [-0.39, 0.29) is 6.04 Å². The molecular formula is C8H17FN2. The van der Waals surface area contributed by atoms with Crippen LogP contribution in [0.25, 0.3) is 0 Å². The molecular weight excluding hydrogens is 143 g/mol. The highest BCUT2D eigenvalue weighted by Crippen LogP contribution is 2.15. The van der Waals surface area contributed by atoms with Gasteiger partial charge in [-0.1, -0.05) is 0 Å². The average Bonchev–Trinajstić information content (AvgIpc) is 2.31. The van der Waals surface area contributed by atoms with Crippen LogP contribution in [-0.4, -0.2) is 43.3 Å². The molecule has 1 fully saturated rings. The monoisotopic (exact) mass is 160 g/mol. The zero-order valence-electron chi connectivity index (χ0n) is 7.47. The third-order valence-electron chi connectivity index (χ3n) is 2.38. The highest BCUT2D eigenvalue weighted by Gasteiger charge is 2.32. The van der Waals surface area contributed by atoms with E-state index < -0.39 is 6.17 Å². The number of likely N-dealkylation sites (N-methyl/N-ethyl adjacent to an activating group) is 1. The molecule has 1 aliphatic rings. The van der Waals surface area contributed by atoms with Crippen LogP contribution in [0.5, 0.6) is 0 Å². The molecule has 66 valence electrons. The first-order valence-corrected chi connectivity index (χ1v) is 4.20. The molecule has 3 heteroatoms. The Balaban J connectivity index is 2.43. The third-order valence-corrected chi connectivity index (χ3v) is 2.38. The quantitative estimate of drug-likeness (QED) is 0.637. The molecule has 0 spiro atoms. The normalized spacial score (nSPS) is 33.5. The molecule has 1 heterocycles. The highest BCUT2D eigenvalue weighted by molar-refractivity contribution is 4.89. The summed E-state index contributed by atoms with van der Waals surface area (Å²) < 4.78 is 13.1. The zero-order valence-corrected chi connectivity index (χ0v) is 7.47. The maximum Gasteiger partial charge on any atom is 0.129 e. The van der Waals surface area contributed by atoms with E-state index in [9.17, 15) is 4.39 Å². The van der Waals surface area contributed by atoms with Gasteiger partial charge in [-0.25, -0.2) is 4.39 Å². The first kappa shape index (κ1) is 8.94. The van der Waals surface area contributed by atoms with Crippen molar-refractivity contribution in [3.63, 3.8) is 0 Å². The zero-order chi connectivity index (χ0) is 8.43. The number of nitrogens with one attached hydrogen (secondary N) is 1. The number of hydrogen-bond donors (Lipinski definition) is 1. The molecule has 0 radical (unpaired) electrons. The number of nitrogens with zero attached hydrogens (tertiary/aromatic N) is 1. The van der Waals surface area contributed by atoms with E-state index in [1.807, 2.05) is 7.05 Å².